The van der Waals surface area contributed by atoms with Crippen LogP contribution in [0.15, 0.2) is 46.2 Å². The van der Waals surface area contributed by atoms with Gasteiger partial charge >= 0.3 is 0 Å². The highest BCUT2D eigenvalue weighted by Gasteiger charge is 2.23. The normalized spacial score (nSPS) is 15.9. The molecule has 1 N–H and O–H groups in total. The molecule has 0 bridgehead atoms. The Kier molecular flexibility index (Phi) is 5.62. The number of benzene rings is 2. The first kappa shape index (κ1) is 17.0. The van der Waals surface area contributed by atoms with Crippen LogP contribution in [0.4, 0.5) is 0 Å². The molecule has 0 saturated heterocycles. The lowest BCUT2D eigenvalue weighted by atomic mass is 9.99. The second-order valence-corrected chi connectivity index (χ2v) is 6.08. The van der Waals surface area contributed by atoms with Crippen LogP contribution in [0.1, 0.15) is 17.2 Å². The van der Waals surface area contributed by atoms with Crippen molar-refractivity contribution in [2.75, 3.05) is 21.3 Å². The lowest BCUT2D eigenvalue weighted by Gasteiger charge is -2.17. The van der Waals surface area contributed by atoms with Crippen LogP contribution < -0.4 is 14.8 Å². The summed E-state index contributed by atoms with van der Waals surface area (Å²) >= 11 is 1.80. The molecule has 1 unspecified atom stereocenters. The van der Waals surface area contributed by atoms with Gasteiger partial charge in [0.15, 0.2) is 11.5 Å². The number of hydrogen-bond acceptors (Lipinski definition) is 4. The van der Waals surface area contributed by atoms with Crippen LogP contribution in [0.5, 0.6) is 11.5 Å². The highest BCUT2D eigenvalue weighted by atomic mass is 35.5. The number of nitrogens with one attached hydrogen (secondary N) is 1. The summed E-state index contributed by atoms with van der Waals surface area (Å²) in [5.74, 6) is 1.57. The zero-order valence-electron chi connectivity index (χ0n) is 12.9. The van der Waals surface area contributed by atoms with Gasteiger partial charge < -0.3 is 14.8 Å². The Morgan fingerprint density at radius 3 is 2.41 bits per heavy atom. The van der Waals surface area contributed by atoms with Crippen LogP contribution in [-0.2, 0) is 6.42 Å². The van der Waals surface area contributed by atoms with Crippen molar-refractivity contribution < 1.29 is 9.47 Å². The molecule has 5 heteroatoms. The zero-order valence-corrected chi connectivity index (χ0v) is 14.5. The second-order valence-electron chi connectivity index (χ2n) is 5.00. The fourth-order valence-corrected chi connectivity index (χ4v) is 3.88. The van der Waals surface area contributed by atoms with Crippen molar-refractivity contribution in [2.24, 2.45) is 0 Å². The number of likely N-dealkylation sites (N-methyl/N-ethyl adjacent to an activating group) is 1. The largest absolute Gasteiger partial charge is 0.493 e. The monoisotopic (exact) mass is 337 g/mol. The molecule has 2 aromatic carbocycles. The lowest BCUT2D eigenvalue weighted by Crippen LogP contribution is -2.18. The van der Waals surface area contributed by atoms with E-state index in [0.717, 1.165) is 17.9 Å². The fraction of sp³-hybridized carbons (Fsp3) is 0.294. The van der Waals surface area contributed by atoms with E-state index in [1.807, 2.05) is 7.05 Å². The van der Waals surface area contributed by atoms with Crippen molar-refractivity contribution >= 4 is 24.2 Å². The first-order chi connectivity index (χ1) is 10.3. The minimum Gasteiger partial charge on any atom is -0.493 e. The Morgan fingerprint density at radius 2 is 1.73 bits per heavy atom. The summed E-state index contributed by atoms with van der Waals surface area (Å²) in [4.78, 5) is 2.53. The molecule has 0 spiro atoms. The van der Waals surface area contributed by atoms with E-state index >= 15 is 0 Å². The van der Waals surface area contributed by atoms with Crippen molar-refractivity contribution in [3.63, 3.8) is 0 Å². The van der Waals surface area contributed by atoms with Gasteiger partial charge in [0.25, 0.3) is 0 Å². The van der Waals surface area contributed by atoms with Gasteiger partial charge in [-0.05, 0) is 42.8 Å². The van der Waals surface area contributed by atoms with E-state index in [4.69, 9.17) is 9.47 Å². The molecule has 22 heavy (non-hydrogen) atoms. The Balaban J connectivity index is 0.00000176. The molecule has 1 atom stereocenters. The van der Waals surface area contributed by atoms with Crippen LogP contribution >= 0.6 is 24.2 Å². The van der Waals surface area contributed by atoms with Crippen LogP contribution in [-0.4, -0.2) is 21.3 Å². The van der Waals surface area contributed by atoms with Gasteiger partial charge in [-0.2, -0.15) is 0 Å². The average Bonchev–Trinajstić information content (AvgIpc) is 2.69. The smallest absolute Gasteiger partial charge is 0.161 e. The van der Waals surface area contributed by atoms with E-state index in [9.17, 15) is 0 Å². The third kappa shape index (κ3) is 3.05. The Morgan fingerprint density at radius 1 is 1.05 bits per heavy atom. The maximum Gasteiger partial charge on any atom is 0.161 e. The summed E-state index contributed by atoms with van der Waals surface area (Å²) in [6.45, 7) is 0. The van der Waals surface area contributed by atoms with E-state index in [-0.39, 0.29) is 12.4 Å². The molecular weight excluding hydrogens is 318 g/mol. The summed E-state index contributed by atoms with van der Waals surface area (Å²) in [5, 5.41) is 3.42. The Bertz CT molecular complexity index is 663. The molecule has 1 aliphatic heterocycles. The summed E-state index contributed by atoms with van der Waals surface area (Å²) in [6, 6.07) is 13.0. The van der Waals surface area contributed by atoms with Gasteiger partial charge in [-0.25, -0.2) is 0 Å². The number of hydrogen-bond donors (Lipinski definition) is 1. The molecule has 0 radical (unpaired) electrons. The first-order valence-electron chi connectivity index (χ1n) is 6.95. The number of methoxy groups -OCH3 is 2. The van der Waals surface area contributed by atoms with Gasteiger partial charge in [0.2, 0.25) is 0 Å². The average molecular weight is 338 g/mol. The molecule has 0 amide bonds. The van der Waals surface area contributed by atoms with Gasteiger partial charge in [0.1, 0.15) is 0 Å². The van der Waals surface area contributed by atoms with Gasteiger partial charge in [0.05, 0.1) is 14.2 Å². The van der Waals surface area contributed by atoms with E-state index in [0.29, 0.717) is 6.04 Å². The van der Waals surface area contributed by atoms with E-state index in [1.165, 1.54) is 20.9 Å². The predicted molar refractivity (Wildman–Crippen MR) is 92.9 cm³/mol. The fourth-order valence-electron chi connectivity index (χ4n) is 2.72. The molecule has 2 aromatic rings. The van der Waals surface area contributed by atoms with Gasteiger partial charge in [-0.1, -0.05) is 30.0 Å². The van der Waals surface area contributed by atoms with E-state index < -0.39 is 0 Å². The summed E-state index contributed by atoms with van der Waals surface area (Å²) < 4.78 is 10.9. The van der Waals surface area contributed by atoms with Crippen molar-refractivity contribution in [2.45, 2.75) is 22.3 Å². The molecule has 118 valence electrons. The maximum absolute atomic E-state index is 5.43. The predicted octanol–water partition coefficient (Wildman–Crippen LogP) is 4.09. The van der Waals surface area contributed by atoms with Crippen molar-refractivity contribution in [1.29, 1.82) is 0 Å². The second kappa shape index (κ2) is 7.27. The van der Waals surface area contributed by atoms with E-state index in [2.05, 4.69) is 41.7 Å². The van der Waals surface area contributed by atoms with Crippen LogP contribution in [0.25, 0.3) is 0 Å². The summed E-state index contributed by atoms with van der Waals surface area (Å²) in [5.41, 5.74) is 2.63. The third-order valence-corrected chi connectivity index (χ3v) is 5.05. The number of rotatable bonds is 3. The minimum atomic E-state index is 0. The Labute approximate surface area is 141 Å². The molecule has 0 fully saturated rings. The molecule has 0 aromatic heterocycles. The molecule has 3 nitrogen and oxygen atoms in total. The molecule has 1 heterocycles. The number of ether oxygens (including phenoxy) is 2. The summed E-state index contributed by atoms with van der Waals surface area (Å²) in [7, 11) is 5.37. The van der Waals surface area contributed by atoms with Crippen molar-refractivity contribution in [3.8, 4) is 11.5 Å². The minimum absolute atomic E-state index is 0. The van der Waals surface area contributed by atoms with Crippen molar-refractivity contribution in [3.05, 3.63) is 47.5 Å². The lowest BCUT2D eigenvalue weighted by molar-refractivity contribution is 0.353. The number of fused-ring (bicyclic) bond motifs is 2. The zero-order chi connectivity index (χ0) is 14.8. The third-order valence-electron chi connectivity index (χ3n) is 3.85. The molecular formula is C17H20ClNO2S. The highest BCUT2D eigenvalue weighted by molar-refractivity contribution is 7.99. The maximum atomic E-state index is 5.43. The topological polar surface area (TPSA) is 30.5 Å². The van der Waals surface area contributed by atoms with Gasteiger partial charge in [0, 0.05) is 15.8 Å². The van der Waals surface area contributed by atoms with Crippen LogP contribution in [0.3, 0.4) is 0 Å². The van der Waals surface area contributed by atoms with E-state index in [1.54, 1.807) is 26.0 Å². The highest BCUT2D eigenvalue weighted by Crippen LogP contribution is 2.44. The molecule has 0 saturated carbocycles. The van der Waals surface area contributed by atoms with Gasteiger partial charge in [-0.3, -0.25) is 0 Å². The number of halogens is 1. The quantitative estimate of drug-likeness (QED) is 0.913. The molecule has 0 aliphatic carbocycles. The van der Waals surface area contributed by atoms with Crippen molar-refractivity contribution in [1.82, 2.24) is 5.32 Å². The van der Waals surface area contributed by atoms with Crippen LogP contribution in [0.2, 0.25) is 0 Å². The SMILES string of the molecule is CNC1Cc2cc(OC)c(OC)cc2Sc2ccccc21.Cl. The first-order valence-corrected chi connectivity index (χ1v) is 7.77. The molecule has 3 rings (SSSR count). The Hall–Kier alpha value is -1.36. The molecule has 1 aliphatic rings. The van der Waals surface area contributed by atoms with Gasteiger partial charge in [-0.15, -0.1) is 12.4 Å². The standard InChI is InChI=1S/C17H19NO2S.ClH/c1-18-13-8-11-9-14(19-2)15(20-3)10-17(11)21-16-7-5-4-6-12(13)16;/h4-7,9-10,13,18H,8H2,1-3H3;1H. The summed E-state index contributed by atoms with van der Waals surface area (Å²) in [6.07, 6.45) is 0.941. The van der Waals surface area contributed by atoms with Crippen LogP contribution in [0, 0.1) is 0 Å².